The third-order valence-corrected chi connectivity index (χ3v) is 2.83. The van der Waals surface area contributed by atoms with E-state index < -0.39 is 0 Å². The molecule has 0 saturated carbocycles. The molecule has 2 rings (SSSR count). The summed E-state index contributed by atoms with van der Waals surface area (Å²) in [7, 11) is 1.83. The van der Waals surface area contributed by atoms with Crippen LogP contribution < -0.4 is 10.6 Å². The summed E-state index contributed by atoms with van der Waals surface area (Å²) in [6, 6.07) is 3.74. The van der Waals surface area contributed by atoms with Crippen molar-refractivity contribution in [2.24, 2.45) is 0 Å². The van der Waals surface area contributed by atoms with Crippen molar-refractivity contribution >= 4 is 17.4 Å². The Morgan fingerprint density at radius 1 is 1.44 bits per heavy atom. The second kappa shape index (κ2) is 4.38. The molecule has 1 fully saturated rings. The van der Waals surface area contributed by atoms with Gasteiger partial charge in [0.2, 0.25) is 5.91 Å². The summed E-state index contributed by atoms with van der Waals surface area (Å²) in [4.78, 5) is 19.5. The molecule has 5 heteroatoms. The van der Waals surface area contributed by atoms with Crippen LogP contribution >= 0.6 is 0 Å². The zero-order valence-electron chi connectivity index (χ0n) is 9.39. The summed E-state index contributed by atoms with van der Waals surface area (Å²) in [6.07, 6.45) is 2.61. The van der Waals surface area contributed by atoms with E-state index in [9.17, 15) is 4.79 Å². The second-order valence-electron chi connectivity index (χ2n) is 4.00. The van der Waals surface area contributed by atoms with Gasteiger partial charge in [0, 0.05) is 26.3 Å². The molecule has 0 atom stereocenters. The van der Waals surface area contributed by atoms with Gasteiger partial charge in [0.05, 0.1) is 12.2 Å². The first-order chi connectivity index (χ1) is 7.68. The van der Waals surface area contributed by atoms with Gasteiger partial charge in [-0.1, -0.05) is 0 Å². The highest BCUT2D eigenvalue weighted by Gasteiger charge is 2.20. The molecule has 0 aliphatic carbocycles. The molecule has 0 spiro atoms. The lowest BCUT2D eigenvalue weighted by Gasteiger charge is -2.22. The number of nitrogen functional groups attached to an aromatic ring is 1. The molecule has 2 heterocycles. The number of nitrogens with two attached hydrogens (primary N) is 1. The van der Waals surface area contributed by atoms with E-state index in [1.54, 1.807) is 11.1 Å². The fourth-order valence-electron chi connectivity index (χ4n) is 1.87. The van der Waals surface area contributed by atoms with Crippen molar-refractivity contribution in [3.05, 3.63) is 18.3 Å². The lowest BCUT2D eigenvalue weighted by Crippen LogP contribution is -2.34. The van der Waals surface area contributed by atoms with Crippen LogP contribution in [0.15, 0.2) is 18.3 Å². The first kappa shape index (κ1) is 10.7. The average molecular weight is 220 g/mol. The van der Waals surface area contributed by atoms with Crippen LogP contribution in [0.3, 0.4) is 0 Å². The quantitative estimate of drug-likeness (QED) is 0.741. The molecule has 5 nitrogen and oxygen atoms in total. The molecule has 1 aliphatic heterocycles. The van der Waals surface area contributed by atoms with Gasteiger partial charge in [-0.15, -0.1) is 0 Å². The minimum absolute atomic E-state index is 0.126. The van der Waals surface area contributed by atoms with Crippen molar-refractivity contribution in [3.8, 4) is 0 Å². The van der Waals surface area contributed by atoms with E-state index in [1.165, 1.54) is 0 Å². The molecule has 1 aliphatic rings. The van der Waals surface area contributed by atoms with Crippen molar-refractivity contribution in [2.45, 2.75) is 6.42 Å². The number of rotatable bonds is 1. The normalized spacial score (nSPS) is 17.4. The molecule has 16 heavy (non-hydrogen) atoms. The van der Waals surface area contributed by atoms with Crippen LogP contribution in [0.25, 0.3) is 0 Å². The minimum Gasteiger partial charge on any atom is -0.382 e. The van der Waals surface area contributed by atoms with Gasteiger partial charge in [-0.2, -0.15) is 0 Å². The third-order valence-electron chi connectivity index (χ3n) is 2.83. The third kappa shape index (κ3) is 2.08. The maximum absolute atomic E-state index is 11.7. The number of nitrogens with zero attached hydrogens (tertiary/aromatic N) is 3. The molecule has 0 aromatic carbocycles. The zero-order chi connectivity index (χ0) is 11.5. The number of anilines is 2. The fourth-order valence-corrected chi connectivity index (χ4v) is 1.87. The number of carbonyl (C=O) groups excluding carboxylic acids is 1. The summed E-state index contributed by atoms with van der Waals surface area (Å²) >= 11 is 0. The number of hydrogen-bond donors (Lipinski definition) is 1. The topological polar surface area (TPSA) is 62.5 Å². The van der Waals surface area contributed by atoms with Crippen LogP contribution in [0.4, 0.5) is 11.5 Å². The van der Waals surface area contributed by atoms with Crippen LogP contribution in [0.5, 0.6) is 0 Å². The van der Waals surface area contributed by atoms with E-state index in [2.05, 4.69) is 4.98 Å². The van der Waals surface area contributed by atoms with Gasteiger partial charge in [0.15, 0.2) is 0 Å². The van der Waals surface area contributed by atoms with Gasteiger partial charge in [0.1, 0.15) is 5.82 Å². The van der Waals surface area contributed by atoms with Crippen molar-refractivity contribution < 1.29 is 4.79 Å². The van der Waals surface area contributed by atoms with Gasteiger partial charge >= 0.3 is 0 Å². The lowest BCUT2D eigenvalue weighted by atomic mass is 10.3. The van der Waals surface area contributed by atoms with Gasteiger partial charge in [-0.3, -0.25) is 4.79 Å². The van der Waals surface area contributed by atoms with Gasteiger partial charge in [-0.05, 0) is 18.6 Å². The van der Waals surface area contributed by atoms with Crippen LogP contribution in [-0.4, -0.2) is 42.5 Å². The van der Waals surface area contributed by atoms with E-state index >= 15 is 0 Å². The van der Waals surface area contributed by atoms with E-state index in [1.807, 2.05) is 24.1 Å². The Hall–Kier alpha value is -1.78. The molecule has 0 bridgehead atoms. The van der Waals surface area contributed by atoms with Crippen molar-refractivity contribution in [1.29, 1.82) is 0 Å². The monoisotopic (exact) mass is 220 g/mol. The number of likely N-dealkylation sites (N-methyl/N-ethyl adjacent to an activating group) is 1. The second-order valence-corrected chi connectivity index (χ2v) is 4.00. The maximum Gasteiger partial charge on any atom is 0.241 e. The highest BCUT2D eigenvalue weighted by atomic mass is 16.2. The Kier molecular flexibility index (Phi) is 2.94. The van der Waals surface area contributed by atoms with Crippen LogP contribution in [0.2, 0.25) is 0 Å². The molecule has 1 amide bonds. The summed E-state index contributed by atoms with van der Waals surface area (Å²) in [6.45, 7) is 2.02. The summed E-state index contributed by atoms with van der Waals surface area (Å²) < 4.78 is 0. The molecule has 0 radical (unpaired) electrons. The Bertz CT molecular complexity index is 393. The number of hydrogen-bond acceptors (Lipinski definition) is 4. The van der Waals surface area contributed by atoms with Crippen LogP contribution in [0, 0.1) is 0 Å². The fraction of sp³-hybridized carbons (Fsp3) is 0.455. The molecular weight excluding hydrogens is 204 g/mol. The largest absolute Gasteiger partial charge is 0.382 e. The van der Waals surface area contributed by atoms with Gasteiger partial charge < -0.3 is 15.5 Å². The highest BCUT2D eigenvalue weighted by molar-refractivity contribution is 5.82. The van der Waals surface area contributed by atoms with E-state index in [0.717, 1.165) is 25.2 Å². The summed E-state index contributed by atoms with van der Waals surface area (Å²) in [5.74, 6) is 0.612. The first-order valence-corrected chi connectivity index (χ1v) is 5.38. The number of pyridine rings is 1. The standard InChI is InChI=1S/C11H16N4O/c1-14-6-3-7-15(8-10(14)16)9-4-2-5-13-11(9)12/h2,4-5H,3,6-8H2,1H3,(H2,12,13). The smallest absolute Gasteiger partial charge is 0.241 e. The molecular formula is C11H16N4O. The summed E-state index contributed by atoms with van der Waals surface area (Å²) in [5, 5.41) is 0. The Morgan fingerprint density at radius 3 is 3.00 bits per heavy atom. The van der Waals surface area contributed by atoms with Crippen molar-refractivity contribution in [2.75, 3.05) is 37.3 Å². The Balaban J connectivity index is 2.21. The van der Waals surface area contributed by atoms with E-state index in [4.69, 9.17) is 5.73 Å². The lowest BCUT2D eigenvalue weighted by molar-refractivity contribution is -0.127. The zero-order valence-corrected chi connectivity index (χ0v) is 9.39. The molecule has 2 N–H and O–H groups in total. The minimum atomic E-state index is 0.126. The Labute approximate surface area is 94.9 Å². The number of carbonyl (C=O) groups is 1. The first-order valence-electron chi connectivity index (χ1n) is 5.38. The molecule has 86 valence electrons. The summed E-state index contributed by atoms with van der Waals surface area (Å²) in [5.41, 5.74) is 6.66. The van der Waals surface area contributed by atoms with Crippen molar-refractivity contribution in [3.63, 3.8) is 0 Å². The van der Waals surface area contributed by atoms with Crippen LogP contribution in [0.1, 0.15) is 6.42 Å². The number of amides is 1. The molecule has 1 aromatic heterocycles. The molecule has 1 saturated heterocycles. The van der Waals surface area contributed by atoms with Crippen LogP contribution in [-0.2, 0) is 4.79 Å². The van der Waals surface area contributed by atoms with E-state index in [0.29, 0.717) is 12.4 Å². The molecule has 0 unspecified atom stereocenters. The van der Waals surface area contributed by atoms with Gasteiger partial charge in [-0.25, -0.2) is 4.98 Å². The van der Waals surface area contributed by atoms with Gasteiger partial charge in [0.25, 0.3) is 0 Å². The predicted octanol–water partition coefficient (Wildman–Crippen LogP) is 0.332. The maximum atomic E-state index is 11.7. The SMILES string of the molecule is CN1CCCN(c2cccnc2N)CC1=O. The highest BCUT2D eigenvalue weighted by Crippen LogP contribution is 2.21. The van der Waals surface area contributed by atoms with E-state index in [-0.39, 0.29) is 5.91 Å². The van der Waals surface area contributed by atoms with Crippen molar-refractivity contribution in [1.82, 2.24) is 9.88 Å². The Morgan fingerprint density at radius 2 is 2.25 bits per heavy atom. The molecule has 1 aromatic rings. The predicted molar refractivity (Wildman–Crippen MR) is 63.1 cm³/mol. The average Bonchev–Trinajstić information content (AvgIpc) is 2.43. The number of aromatic nitrogens is 1.